The van der Waals surface area contributed by atoms with Crippen LogP contribution in [0.25, 0.3) is 17.0 Å². The highest BCUT2D eigenvalue weighted by Gasteiger charge is 2.30. The van der Waals surface area contributed by atoms with Crippen LogP contribution in [0.2, 0.25) is 0 Å². The van der Waals surface area contributed by atoms with Gasteiger partial charge in [0.1, 0.15) is 11.5 Å². The highest BCUT2D eigenvalue weighted by molar-refractivity contribution is 5.64. The summed E-state index contributed by atoms with van der Waals surface area (Å²) in [6.07, 6.45) is 1.38. The van der Waals surface area contributed by atoms with Gasteiger partial charge in [-0.1, -0.05) is 12.1 Å². The van der Waals surface area contributed by atoms with Crippen molar-refractivity contribution in [3.8, 4) is 11.4 Å². The summed E-state index contributed by atoms with van der Waals surface area (Å²) < 4.78 is 40.6. The van der Waals surface area contributed by atoms with E-state index in [0.29, 0.717) is 5.82 Å². The number of fused-ring (bicyclic) bond motifs is 1. The first-order chi connectivity index (χ1) is 16.7. The van der Waals surface area contributed by atoms with Gasteiger partial charge in [-0.2, -0.15) is 13.2 Å². The molecule has 1 fully saturated rings. The number of imidazole rings is 1. The Hall–Kier alpha value is -3.46. The van der Waals surface area contributed by atoms with E-state index in [9.17, 15) is 13.2 Å². The van der Waals surface area contributed by atoms with E-state index in [2.05, 4.69) is 14.8 Å². The molecule has 0 aliphatic carbocycles. The van der Waals surface area contributed by atoms with Crippen molar-refractivity contribution in [3.63, 3.8) is 0 Å². The van der Waals surface area contributed by atoms with Gasteiger partial charge in [0.15, 0.2) is 5.82 Å². The van der Waals surface area contributed by atoms with Crippen LogP contribution in [-0.4, -0.2) is 50.4 Å². The third kappa shape index (κ3) is 4.73. The quantitative estimate of drug-likeness (QED) is 0.396. The van der Waals surface area contributed by atoms with E-state index < -0.39 is 11.7 Å². The van der Waals surface area contributed by atoms with Gasteiger partial charge in [-0.3, -0.25) is 4.90 Å². The van der Waals surface area contributed by atoms with Crippen LogP contribution >= 0.6 is 0 Å². The molecule has 182 valence electrons. The number of hydrogen-bond donors (Lipinski definition) is 0. The molecule has 1 aliphatic rings. The lowest BCUT2D eigenvalue weighted by molar-refractivity contribution is -0.137. The van der Waals surface area contributed by atoms with Crippen LogP contribution in [-0.2, 0) is 6.18 Å². The number of alkyl halides is 3. The van der Waals surface area contributed by atoms with Crippen LogP contribution in [0, 0.1) is 13.8 Å². The van der Waals surface area contributed by atoms with Crippen molar-refractivity contribution in [1.82, 2.24) is 24.3 Å². The number of nitrogens with zero attached hydrogens (tertiary/aromatic N) is 6. The van der Waals surface area contributed by atoms with Crippen LogP contribution in [0.15, 0.2) is 55.0 Å². The Bertz CT molecular complexity index is 1340. The molecule has 6 nitrogen and oxygen atoms in total. The highest BCUT2D eigenvalue weighted by Crippen LogP contribution is 2.31. The van der Waals surface area contributed by atoms with Gasteiger partial charge in [-0.25, -0.2) is 15.0 Å². The fraction of sp³-hybridized carbons (Fsp3) is 0.346. The molecule has 35 heavy (non-hydrogen) atoms. The van der Waals surface area contributed by atoms with Gasteiger partial charge in [0.2, 0.25) is 0 Å². The van der Waals surface area contributed by atoms with Crippen LogP contribution in [0.4, 0.5) is 19.0 Å². The Kier molecular flexibility index (Phi) is 5.96. The molecule has 1 atom stereocenters. The summed E-state index contributed by atoms with van der Waals surface area (Å²) in [4.78, 5) is 18.5. The minimum absolute atomic E-state index is 0.0340. The second kappa shape index (κ2) is 8.96. The number of halogens is 3. The normalized spacial score (nSPS) is 16.1. The molecule has 5 rings (SSSR count). The Balaban J connectivity index is 1.31. The van der Waals surface area contributed by atoms with Crippen molar-refractivity contribution < 1.29 is 13.2 Å². The zero-order valence-electron chi connectivity index (χ0n) is 19.9. The van der Waals surface area contributed by atoms with Gasteiger partial charge in [0.05, 0.1) is 5.56 Å². The topological polar surface area (TPSA) is 49.6 Å². The molecule has 0 N–H and O–H groups in total. The Morgan fingerprint density at radius 2 is 1.66 bits per heavy atom. The summed E-state index contributed by atoms with van der Waals surface area (Å²) in [7, 11) is 0. The number of hydrogen-bond acceptors (Lipinski definition) is 5. The molecular weight excluding hydrogens is 453 g/mol. The maximum absolute atomic E-state index is 12.9. The number of aromatic nitrogens is 4. The molecule has 1 aromatic carbocycles. The number of rotatable bonds is 4. The van der Waals surface area contributed by atoms with Crippen LogP contribution in [0.1, 0.15) is 35.3 Å². The minimum atomic E-state index is -4.31. The summed E-state index contributed by atoms with van der Waals surface area (Å²) in [6.45, 7) is 9.20. The SMILES string of the molecule is Cc1cc(N2CCN(C(C)c3ccc(C(F)(F)F)cc3)CC2)nc(-c2cn3ccnc3cc2C)n1. The van der Waals surface area contributed by atoms with Crippen molar-refractivity contribution in [2.45, 2.75) is 33.0 Å². The molecule has 4 aromatic rings. The lowest BCUT2D eigenvalue weighted by Gasteiger charge is -2.39. The summed E-state index contributed by atoms with van der Waals surface area (Å²) in [5.74, 6) is 1.58. The zero-order valence-corrected chi connectivity index (χ0v) is 19.9. The number of pyridine rings is 1. The van der Waals surface area contributed by atoms with Crippen molar-refractivity contribution in [2.75, 3.05) is 31.1 Å². The largest absolute Gasteiger partial charge is 0.416 e. The average molecular weight is 481 g/mol. The summed E-state index contributed by atoms with van der Waals surface area (Å²) in [5.41, 5.74) is 4.09. The monoisotopic (exact) mass is 480 g/mol. The summed E-state index contributed by atoms with van der Waals surface area (Å²) in [5, 5.41) is 0. The summed E-state index contributed by atoms with van der Waals surface area (Å²) >= 11 is 0. The van der Waals surface area contributed by atoms with Crippen molar-refractivity contribution in [1.29, 1.82) is 0 Å². The van der Waals surface area contributed by atoms with E-state index in [4.69, 9.17) is 9.97 Å². The van der Waals surface area contributed by atoms with E-state index in [1.807, 2.05) is 49.7 Å². The Morgan fingerprint density at radius 1 is 0.943 bits per heavy atom. The maximum Gasteiger partial charge on any atom is 0.416 e. The number of benzene rings is 1. The van der Waals surface area contributed by atoms with E-state index >= 15 is 0 Å². The van der Waals surface area contributed by atoms with Crippen LogP contribution < -0.4 is 4.90 Å². The zero-order chi connectivity index (χ0) is 24.7. The smallest absolute Gasteiger partial charge is 0.354 e. The second-order valence-electron chi connectivity index (χ2n) is 9.07. The standard InChI is InChI=1S/C26H27F3N6/c1-17-14-23-30-8-9-35(23)16-22(17)25-31-18(2)15-24(32-25)34-12-10-33(11-13-34)19(3)20-4-6-21(7-5-20)26(27,28)29/h4-9,14-16,19H,10-13H2,1-3H3. The van der Waals surface area contributed by atoms with Gasteiger partial charge < -0.3 is 9.30 Å². The fourth-order valence-corrected chi connectivity index (χ4v) is 4.63. The molecule has 9 heteroatoms. The van der Waals surface area contributed by atoms with E-state index in [1.165, 1.54) is 0 Å². The summed E-state index contributed by atoms with van der Waals surface area (Å²) in [6, 6.07) is 9.56. The molecule has 1 aliphatic heterocycles. The first kappa shape index (κ1) is 23.3. The third-order valence-electron chi connectivity index (χ3n) is 6.73. The maximum atomic E-state index is 12.9. The minimum Gasteiger partial charge on any atom is -0.354 e. The molecule has 0 amide bonds. The van der Waals surface area contributed by atoms with Crippen molar-refractivity contribution in [3.05, 3.63) is 77.4 Å². The lowest BCUT2D eigenvalue weighted by Crippen LogP contribution is -2.47. The molecule has 3 aromatic heterocycles. The predicted molar refractivity (Wildman–Crippen MR) is 129 cm³/mol. The molecule has 1 saturated heterocycles. The Morgan fingerprint density at radius 3 is 2.34 bits per heavy atom. The van der Waals surface area contributed by atoms with Crippen molar-refractivity contribution in [2.24, 2.45) is 0 Å². The number of piperazine rings is 1. The lowest BCUT2D eigenvalue weighted by atomic mass is 10.0. The van der Waals surface area contributed by atoms with E-state index in [-0.39, 0.29) is 6.04 Å². The van der Waals surface area contributed by atoms with E-state index in [0.717, 1.165) is 72.2 Å². The highest BCUT2D eigenvalue weighted by atomic mass is 19.4. The molecule has 0 saturated carbocycles. The van der Waals surface area contributed by atoms with Gasteiger partial charge in [-0.05, 0) is 50.1 Å². The fourth-order valence-electron chi connectivity index (χ4n) is 4.63. The van der Waals surface area contributed by atoms with Crippen molar-refractivity contribution >= 4 is 11.5 Å². The molecule has 1 unspecified atom stereocenters. The van der Waals surface area contributed by atoms with Gasteiger partial charge in [0, 0.05) is 68.1 Å². The average Bonchev–Trinajstić information content (AvgIpc) is 3.29. The molecule has 0 radical (unpaired) electrons. The van der Waals surface area contributed by atoms with Gasteiger partial charge in [0.25, 0.3) is 0 Å². The van der Waals surface area contributed by atoms with Gasteiger partial charge in [-0.15, -0.1) is 0 Å². The molecule has 0 spiro atoms. The van der Waals surface area contributed by atoms with Crippen LogP contribution in [0.5, 0.6) is 0 Å². The third-order valence-corrected chi connectivity index (χ3v) is 6.73. The Labute approximate surface area is 202 Å². The first-order valence-corrected chi connectivity index (χ1v) is 11.6. The predicted octanol–water partition coefficient (Wildman–Crippen LogP) is 5.31. The number of anilines is 1. The second-order valence-corrected chi connectivity index (χ2v) is 9.07. The molecule has 4 heterocycles. The number of aryl methyl sites for hydroxylation is 2. The van der Waals surface area contributed by atoms with E-state index in [1.54, 1.807) is 18.3 Å². The first-order valence-electron chi connectivity index (χ1n) is 11.6. The van der Waals surface area contributed by atoms with Crippen LogP contribution in [0.3, 0.4) is 0 Å². The molecule has 0 bridgehead atoms. The molecular formula is C26H27F3N6. The van der Waals surface area contributed by atoms with Gasteiger partial charge >= 0.3 is 6.18 Å².